The Bertz CT molecular complexity index is 3170. The van der Waals surface area contributed by atoms with Crippen LogP contribution in [0.15, 0.2) is 121 Å². The first-order valence-corrected chi connectivity index (χ1v) is 23.5. The highest BCUT2D eigenvalue weighted by atomic mass is 19.4. The molecule has 0 unspecified atom stereocenters. The van der Waals surface area contributed by atoms with Crippen molar-refractivity contribution in [3.05, 3.63) is 212 Å². The zero-order valence-corrected chi connectivity index (χ0v) is 45.6. The SMILES string of the molecule is Cc1cc(F)c(C(F)(F)F)c(F)c1.Cc1cc(F)c(OC(F)(F)F)c(F)c1.Cc1cc(F)c(OC(F)F)c(F)c1.Cc1ccc(OC(F)(F)F)c(F)c1.Cc1ccc(OC(F)(F)F)cc1.Cc1ccc(OC(F)F)c(F)c1.Cc1ccc(OC(F)F)cc1. The molecule has 0 radical (unpaired) electrons. The molecule has 88 heavy (non-hydrogen) atoms. The minimum absolute atomic E-state index is 0.114. The molecule has 0 atom stereocenters. The van der Waals surface area contributed by atoms with Gasteiger partial charge in [0.15, 0.2) is 52.2 Å². The molecule has 486 valence electrons. The number of hydrogen-bond acceptors (Lipinski definition) is 6. The summed E-state index contributed by atoms with van der Waals surface area (Å²) in [5, 5.41) is 0. The predicted octanol–water partition coefficient (Wildman–Crippen LogP) is 20.6. The van der Waals surface area contributed by atoms with E-state index in [1.807, 2.05) is 6.92 Å². The number of ether oxygens (including phenoxy) is 6. The summed E-state index contributed by atoms with van der Waals surface area (Å²) < 4.78 is 334. The van der Waals surface area contributed by atoms with Gasteiger partial charge in [-0.2, -0.15) is 39.5 Å². The smallest absolute Gasteiger partial charge is 0.435 e. The van der Waals surface area contributed by atoms with Gasteiger partial charge in [0.2, 0.25) is 5.75 Å². The third-order valence-electron chi connectivity index (χ3n) is 9.30. The van der Waals surface area contributed by atoms with Crippen molar-refractivity contribution in [1.82, 2.24) is 0 Å². The molecule has 0 aliphatic carbocycles. The van der Waals surface area contributed by atoms with Gasteiger partial charge in [-0.3, -0.25) is 0 Å². The van der Waals surface area contributed by atoms with Crippen LogP contribution in [0.5, 0.6) is 34.5 Å². The molecule has 7 rings (SSSR count). The average Bonchev–Trinajstić information content (AvgIpc) is 2.23. The Kier molecular flexibility index (Phi) is 30.6. The van der Waals surface area contributed by atoms with E-state index in [9.17, 15) is 114 Å². The number of alkyl halides is 18. The highest BCUT2D eigenvalue weighted by molar-refractivity contribution is 5.33. The van der Waals surface area contributed by atoms with E-state index in [1.54, 1.807) is 45.0 Å². The number of benzene rings is 7. The van der Waals surface area contributed by atoms with Crippen molar-refractivity contribution in [3.63, 3.8) is 0 Å². The number of halogens is 26. The number of hydrogen-bond donors (Lipinski definition) is 0. The molecule has 6 nitrogen and oxygen atoms in total. The normalized spacial score (nSPS) is 11.1. The van der Waals surface area contributed by atoms with Gasteiger partial charge in [-0.1, -0.05) is 47.5 Å². The fourth-order valence-electron chi connectivity index (χ4n) is 5.83. The van der Waals surface area contributed by atoms with Crippen LogP contribution in [0.1, 0.15) is 44.5 Å². The molecule has 0 aliphatic heterocycles. The van der Waals surface area contributed by atoms with Crippen LogP contribution in [0.2, 0.25) is 0 Å². The molecule has 0 spiro atoms. The van der Waals surface area contributed by atoms with Gasteiger partial charge in [0, 0.05) is 0 Å². The van der Waals surface area contributed by atoms with Crippen LogP contribution >= 0.6 is 0 Å². The molecule has 0 aromatic heterocycles. The largest absolute Gasteiger partial charge is 0.573 e. The minimum Gasteiger partial charge on any atom is -0.435 e. The predicted molar refractivity (Wildman–Crippen MR) is 263 cm³/mol. The molecule has 32 heteroatoms. The summed E-state index contributed by atoms with van der Waals surface area (Å²) >= 11 is 0. The minimum atomic E-state index is -5.10. The lowest BCUT2D eigenvalue weighted by Crippen LogP contribution is -2.19. The van der Waals surface area contributed by atoms with Crippen LogP contribution < -0.4 is 28.4 Å². The van der Waals surface area contributed by atoms with Crippen LogP contribution in [0.25, 0.3) is 0 Å². The third kappa shape index (κ3) is 32.3. The zero-order valence-electron chi connectivity index (χ0n) is 45.6. The monoisotopic (exact) mass is 1310 g/mol. The van der Waals surface area contributed by atoms with Crippen molar-refractivity contribution >= 4 is 0 Å². The standard InChI is InChI=1S/C8H5F5O.C8H5F5.2C8H6F4O.2C8H7F3O.C8H8F2O/c1-4-2-5(9)7(6(10)3-4)14-8(11,12)13;1-4-2-5(9)7(6(10)3-4)8(11,12)13;1-4-2-5(9)7(6(10)3-4)13-8(11)12;1-5-2-3-7(6(9)4-5)13-8(10,11)12;1-6-2-4-7(5-3-6)12-8(9,10)11;1-5-2-3-7(6(9)4-5)12-8(10)11;1-6-2-4-7(5-3-6)11-8(9)10/h2-3H,1H3;2-3H,1H3;2-3,8H,1H3;2-4H,1H3;2-5H,1H3;2-4,8H,1H3;2-5,8H,1H3. The van der Waals surface area contributed by atoms with Gasteiger partial charge in [-0.05, 0) is 161 Å². The first kappa shape index (κ1) is 77.5. The summed E-state index contributed by atoms with van der Waals surface area (Å²) in [4.78, 5) is 0. The van der Waals surface area contributed by atoms with Gasteiger partial charge >= 0.3 is 45.1 Å². The highest BCUT2D eigenvalue weighted by Crippen LogP contribution is 2.34. The van der Waals surface area contributed by atoms with Crippen LogP contribution in [0, 0.1) is 95.0 Å². The van der Waals surface area contributed by atoms with E-state index in [4.69, 9.17) is 0 Å². The first-order valence-electron chi connectivity index (χ1n) is 23.5. The Morgan fingerprint density at radius 3 is 0.886 bits per heavy atom. The lowest BCUT2D eigenvalue weighted by molar-refractivity contribution is -0.277. The lowest BCUT2D eigenvalue weighted by Gasteiger charge is -2.10. The van der Waals surface area contributed by atoms with Gasteiger partial charge in [-0.25, -0.2) is 35.1 Å². The lowest BCUT2D eigenvalue weighted by atomic mass is 10.1. The van der Waals surface area contributed by atoms with Crippen LogP contribution in [-0.4, -0.2) is 38.9 Å². The maximum atomic E-state index is 12.8. The second-order valence-corrected chi connectivity index (χ2v) is 17.0. The van der Waals surface area contributed by atoms with Crippen molar-refractivity contribution in [3.8, 4) is 34.5 Å². The molecule has 0 fully saturated rings. The highest BCUT2D eigenvalue weighted by Gasteiger charge is 2.38. The van der Waals surface area contributed by atoms with E-state index in [0.29, 0.717) is 28.8 Å². The second kappa shape index (κ2) is 34.8. The molecule has 0 heterocycles. The summed E-state index contributed by atoms with van der Waals surface area (Å²) in [6.45, 7) is 2.06. The van der Waals surface area contributed by atoms with Gasteiger partial charge in [0.05, 0.1) is 0 Å². The van der Waals surface area contributed by atoms with E-state index < -0.39 is 120 Å². The summed E-state index contributed by atoms with van der Waals surface area (Å²) in [5.74, 6) is -13.6. The summed E-state index contributed by atoms with van der Waals surface area (Å²) in [6, 6.07) is 23.8. The molecule has 0 saturated heterocycles. The van der Waals surface area contributed by atoms with E-state index in [1.165, 1.54) is 63.2 Å². The number of rotatable bonds is 9. The molecule has 0 N–H and O–H groups in total. The Hall–Kier alpha value is -8.48. The van der Waals surface area contributed by atoms with E-state index >= 15 is 0 Å². The van der Waals surface area contributed by atoms with E-state index in [0.717, 1.165) is 53.6 Å². The van der Waals surface area contributed by atoms with Crippen molar-refractivity contribution < 1.29 is 143 Å². The Morgan fingerprint density at radius 1 is 0.273 bits per heavy atom. The van der Waals surface area contributed by atoms with E-state index in [-0.39, 0.29) is 22.6 Å². The van der Waals surface area contributed by atoms with Crippen LogP contribution in [-0.2, 0) is 6.18 Å². The molecular formula is C56H44F26O6. The maximum absolute atomic E-state index is 12.8. The molecule has 0 amide bonds. The van der Waals surface area contributed by atoms with Gasteiger partial charge < -0.3 is 28.4 Å². The van der Waals surface area contributed by atoms with Crippen molar-refractivity contribution in [2.45, 2.75) is 93.6 Å². The number of aryl methyl sites for hydroxylation is 7. The average molecular weight is 1310 g/mol. The van der Waals surface area contributed by atoms with Gasteiger partial charge in [0.25, 0.3) is 0 Å². The molecule has 7 aromatic rings. The molecule has 7 aromatic carbocycles. The third-order valence-corrected chi connectivity index (χ3v) is 9.30. The summed E-state index contributed by atoms with van der Waals surface area (Å²) in [5.41, 5.74) is 1.87. The Labute approximate surface area is 482 Å². The zero-order chi connectivity index (χ0) is 67.8. The quantitative estimate of drug-likeness (QED) is 0.134. The Morgan fingerprint density at radius 2 is 0.568 bits per heavy atom. The van der Waals surface area contributed by atoms with Crippen LogP contribution in [0.3, 0.4) is 0 Å². The van der Waals surface area contributed by atoms with Crippen molar-refractivity contribution in [1.29, 1.82) is 0 Å². The Balaban J connectivity index is 0.000000514. The maximum Gasteiger partial charge on any atom is 0.573 e. The fraction of sp³-hybridized carbons (Fsp3) is 0.250. The molecule has 0 aliphatic rings. The topological polar surface area (TPSA) is 55.4 Å². The van der Waals surface area contributed by atoms with Gasteiger partial charge in [0.1, 0.15) is 28.7 Å². The molecule has 0 bridgehead atoms. The van der Waals surface area contributed by atoms with Crippen molar-refractivity contribution in [2.75, 3.05) is 0 Å². The summed E-state index contributed by atoms with van der Waals surface area (Å²) in [7, 11) is 0. The van der Waals surface area contributed by atoms with Crippen LogP contribution in [0.4, 0.5) is 114 Å². The summed E-state index contributed by atoms with van der Waals surface area (Å²) in [6.07, 6.45) is -19.5. The van der Waals surface area contributed by atoms with E-state index in [2.05, 4.69) is 28.4 Å². The molecular weight excluding hydrogens is 1260 g/mol. The first-order chi connectivity index (χ1) is 40.2. The van der Waals surface area contributed by atoms with Crippen molar-refractivity contribution in [2.24, 2.45) is 0 Å². The molecule has 0 saturated carbocycles. The second-order valence-electron chi connectivity index (χ2n) is 17.0. The fourth-order valence-corrected chi connectivity index (χ4v) is 5.83. The van der Waals surface area contributed by atoms with Gasteiger partial charge in [-0.15, -0.1) is 39.5 Å².